The van der Waals surface area contributed by atoms with Gasteiger partial charge in [0, 0.05) is 18.4 Å². The Labute approximate surface area is 250 Å². The minimum absolute atomic E-state index is 0.0179. The zero-order valence-electron chi connectivity index (χ0n) is 25.5. The van der Waals surface area contributed by atoms with Crippen LogP contribution in [0.5, 0.6) is 11.6 Å². The van der Waals surface area contributed by atoms with Crippen LogP contribution in [0.15, 0.2) is 18.2 Å². The molecule has 0 radical (unpaired) electrons. The smallest absolute Gasteiger partial charge is 0.306 e. The van der Waals surface area contributed by atoms with Crippen LogP contribution in [-0.2, 0) is 25.0 Å². The molecule has 234 valence electrons. The lowest BCUT2D eigenvalue weighted by molar-refractivity contribution is -0.153. The van der Waals surface area contributed by atoms with Crippen LogP contribution in [-0.4, -0.2) is 64.9 Å². The summed E-state index contributed by atoms with van der Waals surface area (Å²) in [5, 5.41) is 0. The van der Waals surface area contributed by atoms with Gasteiger partial charge < -0.3 is 23.9 Å². The number of methoxy groups -OCH3 is 1. The van der Waals surface area contributed by atoms with Crippen molar-refractivity contribution in [3.63, 3.8) is 0 Å². The number of ether oxygens (including phenoxy) is 3. The van der Waals surface area contributed by atoms with Crippen molar-refractivity contribution >= 4 is 29.2 Å². The number of alkyl halides is 2. The summed E-state index contributed by atoms with van der Waals surface area (Å²) in [7, 11) is 1.50. The van der Waals surface area contributed by atoms with Gasteiger partial charge in [0.2, 0.25) is 11.8 Å². The maximum atomic E-state index is 15.9. The molecule has 2 fully saturated rings. The highest BCUT2D eigenvalue weighted by Crippen LogP contribution is 2.44. The molecule has 0 unspecified atom stereocenters. The van der Waals surface area contributed by atoms with Crippen molar-refractivity contribution in [1.29, 1.82) is 0 Å². The van der Waals surface area contributed by atoms with Crippen LogP contribution in [0.25, 0.3) is 11.0 Å². The molecule has 0 spiro atoms. The van der Waals surface area contributed by atoms with Crippen LogP contribution in [0.3, 0.4) is 0 Å². The molecular formula is C32H41F2N3O6. The molecule has 1 aromatic carbocycles. The van der Waals surface area contributed by atoms with Gasteiger partial charge in [0.05, 0.1) is 43.1 Å². The maximum Gasteiger partial charge on any atom is 0.306 e. The van der Waals surface area contributed by atoms with E-state index in [9.17, 15) is 14.4 Å². The van der Waals surface area contributed by atoms with Crippen LogP contribution in [0.2, 0.25) is 0 Å². The van der Waals surface area contributed by atoms with Gasteiger partial charge in [0.25, 0.3) is 5.92 Å². The molecule has 0 N–H and O–H groups in total. The molecule has 3 aliphatic rings. The van der Waals surface area contributed by atoms with E-state index in [4.69, 9.17) is 14.2 Å². The van der Waals surface area contributed by atoms with E-state index in [2.05, 4.69) is 9.97 Å². The van der Waals surface area contributed by atoms with Gasteiger partial charge >= 0.3 is 5.97 Å². The summed E-state index contributed by atoms with van der Waals surface area (Å²) in [5.74, 6) is -5.08. The third kappa shape index (κ3) is 6.45. The van der Waals surface area contributed by atoms with Gasteiger partial charge in [-0.05, 0) is 49.1 Å². The predicted molar refractivity (Wildman–Crippen MR) is 154 cm³/mol. The van der Waals surface area contributed by atoms with Crippen LogP contribution in [0, 0.1) is 23.2 Å². The van der Waals surface area contributed by atoms with Gasteiger partial charge in [-0.2, -0.15) is 8.78 Å². The van der Waals surface area contributed by atoms with E-state index in [0.717, 1.165) is 0 Å². The molecule has 1 amide bonds. The van der Waals surface area contributed by atoms with Crippen molar-refractivity contribution in [3.05, 3.63) is 23.9 Å². The van der Waals surface area contributed by atoms with Crippen molar-refractivity contribution in [1.82, 2.24) is 14.9 Å². The lowest BCUT2D eigenvalue weighted by Crippen LogP contribution is -2.46. The topological polar surface area (TPSA) is 108 Å². The number of nitrogens with zero attached hydrogens (tertiary/aromatic N) is 3. The van der Waals surface area contributed by atoms with Gasteiger partial charge in [0.1, 0.15) is 24.2 Å². The Hall–Kier alpha value is -3.37. The third-order valence-electron chi connectivity index (χ3n) is 9.17. The van der Waals surface area contributed by atoms with Gasteiger partial charge in [0.15, 0.2) is 5.69 Å². The molecule has 1 aliphatic carbocycles. The fourth-order valence-electron chi connectivity index (χ4n) is 6.44. The minimum Gasteiger partial charge on any atom is -0.497 e. The third-order valence-corrected chi connectivity index (χ3v) is 9.17. The summed E-state index contributed by atoms with van der Waals surface area (Å²) < 4.78 is 49.0. The fourth-order valence-corrected chi connectivity index (χ4v) is 6.44. The minimum atomic E-state index is -3.34. The van der Waals surface area contributed by atoms with E-state index in [1.165, 1.54) is 12.0 Å². The Morgan fingerprint density at radius 1 is 1.12 bits per heavy atom. The van der Waals surface area contributed by atoms with E-state index in [1.807, 2.05) is 27.7 Å². The molecule has 2 aromatic rings. The lowest BCUT2D eigenvalue weighted by Gasteiger charge is -2.34. The van der Waals surface area contributed by atoms with Crippen LogP contribution in [0.1, 0.15) is 78.3 Å². The van der Waals surface area contributed by atoms with Crippen LogP contribution >= 0.6 is 0 Å². The molecule has 1 aromatic heterocycles. The average molecular weight is 602 g/mol. The van der Waals surface area contributed by atoms with E-state index >= 15 is 8.78 Å². The number of aldehydes is 1. The number of esters is 1. The summed E-state index contributed by atoms with van der Waals surface area (Å²) in [4.78, 5) is 49.7. The molecule has 43 heavy (non-hydrogen) atoms. The highest BCUT2D eigenvalue weighted by Gasteiger charge is 2.50. The zero-order chi connectivity index (χ0) is 31.1. The summed E-state index contributed by atoms with van der Waals surface area (Å²) in [6.07, 6.45) is 1.68. The summed E-state index contributed by atoms with van der Waals surface area (Å²) in [5.41, 5.74) is -0.555. The first-order chi connectivity index (χ1) is 20.4. The van der Waals surface area contributed by atoms with Crippen molar-refractivity contribution in [2.24, 2.45) is 23.2 Å². The number of aromatic nitrogens is 2. The maximum absolute atomic E-state index is 15.9. The summed E-state index contributed by atoms with van der Waals surface area (Å²) >= 11 is 0. The van der Waals surface area contributed by atoms with Gasteiger partial charge in [-0.1, -0.05) is 34.1 Å². The average Bonchev–Trinajstić information content (AvgIpc) is 3.59. The highest BCUT2D eigenvalue weighted by atomic mass is 19.3. The first-order valence-electron chi connectivity index (χ1n) is 15.2. The number of carbonyl (C=O) groups excluding carboxylic acids is 3. The van der Waals surface area contributed by atoms with E-state index in [1.54, 1.807) is 18.2 Å². The second-order valence-electron chi connectivity index (χ2n) is 13.2. The first-order valence-corrected chi connectivity index (χ1v) is 15.2. The monoisotopic (exact) mass is 601 g/mol. The zero-order valence-corrected chi connectivity index (χ0v) is 25.5. The first kappa shape index (κ1) is 31.1. The number of hydrogen-bond acceptors (Lipinski definition) is 8. The number of hydrogen-bond donors (Lipinski definition) is 0. The SMILES string of the molecule is CC[C@@H]1[C@@H]2CN(C(=O)[C@H](C(C)(C)C)CC(=O)O[C@@H]3C[C@H]3CCCCC(F)(F)c3nc4ccc(OC)cc4nc3O2)[C@@H]1C=O. The Morgan fingerprint density at radius 3 is 2.56 bits per heavy atom. The molecule has 6 atom stereocenters. The van der Waals surface area contributed by atoms with Gasteiger partial charge in [-0.3, -0.25) is 9.59 Å². The summed E-state index contributed by atoms with van der Waals surface area (Å²) in [6, 6.07) is 3.97. The Bertz CT molecular complexity index is 1380. The standard InChI is InChI=1S/C32H41F2N3O6/c1-6-20-24(17-38)37-16-26(20)43-29-28(35-22-11-10-19(41-5)14-23(22)36-29)32(33,34)12-8-7-9-18-13-25(18)42-27(39)15-21(30(37)40)31(2,3)4/h10-11,14,17-18,20-21,24-26H,6-9,12-13,15-16H2,1-5H3/t18-,20+,21-,24-,25-,26+/m1/s1. The number of fused-ring (bicyclic) bond motifs is 5. The molecule has 1 saturated heterocycles. The van der Waals surface area contributed by atoms with Crippen LogP contribution in [0.4, 0.5) is 8.78 Å². The molecule has 9 nitrogen and oxygen atoms in total. The molecule has 3 heterocycles. The van der Waals surface area contributed by atoms with Crippen molar-refractivity contribution < 1.29 is 37.4 Å². The Balaban J connectivity index is 1.57. The van der Waals surface area contributed by atoms with Crippen LogP contribution < -0.4 is 9.47 Å². The number of carbonyl (C=O) groups is 3. The van der Waals surface area contributed by atoms with E-state index < -0.39 is 53.4 Å². The Morgan fingerprint density at radius 2 is 1.88 bits per heavy atom. The molecule has 2 aliphatic heterocycles. The predicted octanol–water partition coefficient (Wildman–Crippen LogP) is 5.47. The number of rotatable bonds is 3. The van der Waals surface area contributed by atoms with E-state index in [-0.39, 0.29) is 48.7 Å². The molecule has 5 rings (SSSR count). The highest BCUT2D eigenvalue weighted by molar-refractivity contribution is 5.87. The van der Waals surface area contributed by atoms with Crippen molar-refractivity contribution in [2.75, 3.05) is 13.7 Å². The lowest BCUT2D eigenvalue weighted by atomic mass is 9.77. The number of halogens is 2. The van der Waals surface area contributed by atoms with Crippen molar-refractivity contribution in [2.45, 2.75) is 96.8 Å². The normalized spacial score (nSPS) is 29.9. The fraction of sp³-hybridized carbons (Fsp3) is 0.656. The number of amides is 1. The second kappa shape index (κ2) is 12.0. The van der Waals surface area contributed by atoms with Crippen molar-refractivity contribution in [3.8, 4) is 11.6 Å². The van der Waals surface area contributed by atoms with Gasteiger partial charge in [-0.15, -0.1) is 0 Å². The summed E-state index contributed by atoms with van der Waals surface area (Å²) in [6.45, 7) is 7.46. The Kier molecular flexibility index (Phi) is 8.64. The second-order valence-corrected chi connectivity index (χ2v) is 13.2. The molecule has 2 bridgehead atoms. The quantitative estimate of drug-likeness (QED) is 0.337. The molecular weight excluding hydrogens is 560 g/mol. The molecule has 11 heteroatoms. The molecule has 1 saturated carbocycles. The largest absolute Gasteiger partial charge is 0.497 e. The number of benzene rings is 1. The van der Waals surface area contributed by atoms with E-state index in [0.29, 0.717) is 43.2 Å². The van der Waals surface area contributed by atoms with Gasteiger partial charge in [-0.25, -0.2) is 9.97 Å².